The molecule has 0 amide bonds. The van der Waals surface area contributed by atoms with E-state index in [-0.39, 0.29) is 0 Å². The Kier molecular flexibility index (Phi) is 5.33. The third-order valence-corrected chi connectivity index (χ3v) is 1.28. The van der Waals surface area contributed by atoms with Gasteiger partial charge in [-0.05, 0) is 0 Å². The molecule has 76 valence electrons. The molecule has 0 aromatic rings. The number of hydrogen-bond donors (Lipinski definition) is 0. The Morgan fingerprint density at radius 3 is 1.92 bits per heavy atom. The summed E-state index contributed by atoms with van der Waals surface area (Å²) in [4.78, 5) is 21.3. The van der Waals surface area contributed by atoms with Crippen molar-refractivity contribution in [2.24, 2.45) is 0 Å². The Labute approximate surface area is 73.8 Å². The van der Waals surface area contributed by atoms with Crippen LogP contribution in [0.5, 0.6) is 0 Å². The molecule has 0 atom stereocenters. The predicted molar refractivity (Wildman–Crippen MR) is 38.4 cm³/mol. The van der Waals surface area contributed by atoms with E-state index in [1.54, 1.807) is 0 Å². The molecule has 0 aromatic carbocycles. The van der Waals surface area contributed by atoms with E-state index in [0.29, 0.717) is 0 Å². The molecule has 0 saturated carbocycles. The van der Waals surface area contributed by atoms with Gasteiger partial charge < -0.3 is 9.47 Å². The van der Waals surface area contributed by atoms with Gasteiger partial charge in [0.2, 0.25) is 12.1 Å². The molecule has 0 N–H and O–H groups in total. The van der Waals surface area contributed by atoms with Gasteiger partial charge >= 0.3 is 0 Å². The molecular weight excluding hydrogens is 186 g/mol. The Morgan fingerprint density at radius 1 is 1.15 bits per heavy atom. The van der Waals surface area contributed by atoms with Gasteiger partial charge in [0.25, 0.3) is 6.43 Å². The first-order chi connectivity index (χ1) is 6.02. The molecule has 0 rings (SSSR count). The third kappa shape index (κ3) is 4.05. The van der Waals surface area contributed by atoms with Crippen LogP contribution in [-0.4, -0.2) is 38.5 Å². The first-order valence-electron chi connectivity index (χ1n) is 3.42. The highest BCUT2D eigenvalue weighted by Crippen LogP contribution is 2.03. The van der Waals surface area contributed by atoms with Crippen molar-refractivity contribution < 1.29 is 27.8 Å². The lowest BCUT2D eigenvalue weighted by atomic mass is 10.2. The van der Waals surface area contributed by atoms with E-state index in [0.717, 1.165) is 0 Å². The molecule has 0 heterocycles. The lowest BCUT2D eigenvalue weighted by Gasteiger charge is -2.10. The molecule has 0 fully saturated rings. The molecule has 0 aliphatic rings. The zero-order valence-electron chi connectivity index (χ0n) is 7.25. The fourth-order valence-electron chi connectivity index (χ4n) is 0.691. The standard InChI is InChI=1S/C7H10F2O4/c1-12-7(13-2)5(11)3-4(10)6(8)9/h6-7H,3H2,1-2H3. The summed E-state index contributed by atoms with van der Waals surface area (Å²) in [5.41, 5.74) is 0. The van der Waals surface area contributed by atoms with Crippen LogP contribution < -0.4 is 0 Å². The van der Waals surface area contributed by atoms with Crippen LogP contribution in [0.25, 0.3) is 0 Å². The van der Waals surface area contributed by atoms with E-state index in [4.69, 9.17) is 0 Å². The SMILES string of the molecule is COC(OC)C(=O)CC(=O)C(F)F. The highest BCUT2D eigenvalue weighted by molar-refractivity contribution is 6.01. The summed E-state index contributed by atoms with van der Waals surface area (Å²) < 4.78 is 32.3. The fraction of sp³-hybridized carbons (Fsp3) is 0.714. The van der Waals surface area contributed by atoms with Crippen molar-refractivity contribution in [1.29, 1.82) is 0 Å². The lowest BCUT2D eigenvalue weighted by molar-refractivity contribution is -0.159. The summed E-state index contributed by atoms with van der Waals surface area (Å²) in [6, 6.07) is 0. The van der Waals surface area contributed by atoms with Gasteiger partial charge in [-0.25, -0.2) is 8.78 Å². The molecule has 4 nitrogen and oxygen atoms in total. The smallest absolute Gasteiger partial charge is 0.296 e. The molecule has 0 radical (unpaired) electrons. The minimum atomic E-state index is -3.13. The number of carbonyl (C=O) groups excluding carboxylic acids is 2. The number of hydrogen-bond acceptors (Lipinski definition) is 4. The Bertz CT molecular complexity index is 189. The maximum Gasteiger partial charge on any atom is 0.296 e. The monoisotopic (exact) mass is 196 g/mol. The number of rotatable bonds is 6. The zero-order chi connectivity index (χ0) is 10.4. The molecular formula is C7H10F2O4. The Hall–Kier alpha value is -0.880. The quantitative estimate of drug-likeness (QED) is 0.455. The second-order valence-corrected chi connectivity index (χ2v) is 2.21. The van der Waals surface area contributed by atoms with Crippen LogP contribution in [-0.2, 0) is 19.1 Å². The van der Waals surface area contributed by atoms with Gasteiger partial charge in [-0.1, -0.05) is 0 Å². The van der Waals surface area contributed by atoms with Crippen molar-refractivity contribution in [3.05, 3.63) is 0 Å². The van der Waals surface area contributed by atoms with Crippen molar-refractivity contribution in [3.8, 4) is 0 Å². The van der Waals surface area contributed by atoms with Crippen molar-refractivity contribution in [1.82, 2.24) is 0 Å². The topological polar surface area (TPSA) is 52.6 Å². The maximum absolute atomic E-state index is 11.7. The van der Waals surface area contributed by atoms with E-state index in [2.05, 4.69) is 9.47 Å². The third-order valence-electron chi connectivity index (χ3n) is 1.28. The maximum atomic E-state index is 11.7. The molecule has 0 aromatic heterocycles. The van der Waals surface area contributed by atoms with Crippen LogP contribution >= 0.6 is 0 Å². The van der Waals surface area contributed by atoms with Crippen LogP contribution in [0.15, 0.2) is 0 Å². The number of methoxy groups -OCH3 is 2. The minimum Gasteiger partial charge on any atom is -0.349 e. The molecule has 6 heteroatoms. The van der Waals surface area contributed by atoms with E-state index in [1.807, 2.05) is 0 Å². The highest BCUT2D eigenvalue weighted by atomic mass is 19.3. The van der Waals surface area contributed by atoms with Gasteiger partial charge in [0, 0.05) is 14.2 Å². The van der Waals surface area contributed by atoms with Crippen molar-refractivity contribution in [2.45, 2.75) is 19.1 Å². The Morgan fingerprint density at radius 2 is 1.62 bits per heavy atom. The van der Waals surface area contributed by atoms with Gasteiger partial charge in [0.1, 0.15) is 0 Å². The summed E-state index contributed by atoms with van der Waals surface area (Å²) in [5.74, 6) is -2.24. The zero-order valence-corrected chi connectivity index (χ0v) is 7.25. The molecule has 0 unspecified atom stereocenters. The summed E-state index contributed by atoms with van der Waals surface area (Å²) >= 11 is 0. The minimum absolute atomic E-state index is 0.810. The molecule has 0 aliphatic carbocycles. The number of halogens is 2. The van der Waals surface area contributed by atoms with Crippen LogP contribution in [0.2, 0.25) is 0 Å². The van der Waals surface area contributed by atoms with E-state index >= 15 is 0 Å². The van der Waals surface area contributed by atoms with E-state index < -0.39 is 30.7 Å². The van der Waals surface area contributed by atoms with Crippen LogP contribution in [0, 0.1) is 0 Å². The van der Waals surface area contributed by atoms with E-state index in [9.17, 15) is 18.4 Å². The number of ketones is 2. The average molecular weight is 196 g/mol. The van der Waals surface area contributed by atoms with Gasteiger partial charge in [-0.15, -0.1) is 0 Å². The van der Waals surface area contributed by atoms with E-state index in [1.165, 1.54) is 14.2 Å². The lowest BCUT2D eigenvalue weighted by Crippen LogP contribution is -2.28. The van der Waals surface area contributed by atoms with Crippen molar-refractivity contribution >= 4 is 11.6 Å². The van der Waals surface area contributed by atoms with Crippen molar-refractivity contribution in [3.63, 3.8) is 0 Å². The largest absolute Gasteiger partial charge is 0.349 e. The Balaban J connectivity index is 4.06. The summed E-state index contributed by atoms with van der Waals surface area (Å²) in [5, 5.41) is 0. The first-order valence-corrected chi connectivity index (χ1v) is 3.42. The fourth-order valence-corrected chi connectivity index (χ4v) is 0.691. The van der Waals surface area contributed by atoms with Crippen LogP contribution in [0.1, 0.15) is 6.42 Å². The summed E-state index contributed by atoms with van der Waals surface area (Å²) in [6.07, 6.45) is -5.25. The predicted octanol–water partition coefficient (Wildman–Crippen LogP) is 0.399. The molecule has 0 spiro atoms. The number of Topliss-reactive ketones (excluding diaryl/α,β-unsaturated/α-hetero) is 2. The molecule has 0 bridgehead atoms. The average Bonchev–Trinajstić information content (AvgIpc) is 2.06. The van der Waals surface area contributed by atoms with Crippen LogP contribution in [0.4, 0.5) is 8.78 Å². The second kappa shape index (κ2) is 5.71. The molecule has 0 aliphatic heterocycles. The van der Waals surface area contributed by atoms with Gasteiger partial charge in [-0.3, -0.25) is 9.59 Å². The normalized spacial score (nSPS) is 10.9. The highest BCUT2D eigenvalue weighted by Gasteiger charge is 2.24. The molecule has 13 heavy (non-hydrogen) atoms. The number of alkyl halides is 2. The summed E-state index contributed by atoms with van der Waals surface area (Å²) in [7, 11) is 2.36. The van der Waals surface area contributed by atoms with Gasteiger partial charge in [0.15, 0.2) is 5.78 Å². The van der Waals surface area contributed by atoms with Crippen molar-refractivity contribution in [2.75, 3.05) is 14.2 Å². The summed E-state index contributed by atoms with van der Waals surface area (Å²) in [6.45, 7) is 0. The van der Waals surface area contributed by atoms with Gasteiger partial charge in [-0.2, -0.15) is 0 Å². The second-order valence-electron chi connectivity index (χ2n) is 2.21. The first kappa shape index (κ1) is 12.1. The molecule has 0 saturated heterocycles. The van der Waals surface area contributed by atoms with Gasteiger partial charge in [0.05, 0.1) is 6.42 Å². The number of carbonyl (C=O) groups is 2. The number of ether oxygens (including phenoxy) is 2. The van der Waals surface area contributed by atoms with Crippen LogP contribution in [0.3, 0.4) is 0 Å².